The topological polar surface area (TPSA) is 26.3 Å². The van der Waals surface area contributed by atoms with Crippen molar-refractivity contribution in [2.24, 2.45) is 11.8 Å². The predicted molar refractivity (Wildman–Crippen MR) is 38.5 cm³/mol. The normalized spacial score (nSPS) is 29.8. The van der Waals surface area contributed by atoms with Crippen LogP contribution in [0.3, 0.4) is 0 Å². The molecule has 1 aliphatic carbocycles. The highest BCUT2D eigenvalue weighted by molar-refractivity contribution is 5.75. The maximum Gasteiger partial charge on any atom is 0.309 e. The van der Waals surface area contributed by atoms with E-state index in [9.17, 15) is 4.79 Å². The van der Waals surface area contributed by atoms with Gasteiger partial charge >= 0.3 is 5.97 Å². The highest BCUT2D eigenvalue weighted by Crippen LogP contribution is 2.41. The second-order valence-corrected chi connectivity index (χ2v) is 2.76. The van der Waals surface area contributed by atoms with Gasteiger partial charge in [0.05, 0.1) is 12.5 Å². The van der Waals surface area contributed by atoms with E-state index in [0.29, 0.717) is 12.5 Å². The zero-order chi connectivity index (χ0) is 7.56. The minimum atomic E-state index is 0.00866. The molecule has 0 amide bonds. The summed E-state index contributed by atoms with van der Waals surface area (Å²) in [7, 11) is 0. The van der Waals surface area contributed by atoms with Gasteiger partial charge in [0.2, 0.25) is 0 Å². The summed E-state index contributed by atoms with van der Waals surface area (Å²) in [6.07, 6.45) is 2.17. The molecule has 10 heavy (non-hydrogen) atoms. The zero-order valence-corrected chi connectivity index (χ0v) is 6.59. The Kier molecular flexibility index (Phi) is 2.30. The second-order valence-electron chi connectivity index (χ2n) is 2.76. The first kappa shape index (κ1) is 7.58. The Morgan fingerprint density at radius 1 is 1.60 bits per heavy atom. The van der Waals surface area contributed by atoms with Crippen molar-refractivity contribution in [3.8, 4) is 0 Å². The molecular weight excluding hydrogens is 128 g/mol. The van der Waals surface area contributed by atoms with Crippen LogP contribution in [0.5, 0.6) is 0 Å². The van der Waals surface area contributed by atoms with Gasteiger partial charge in [0, 0.05) is 0 Å². The van der Waals surface area contributed by atoms with Crippen molar-refractivity contribution in [1.29, 1.82) is 0 Å². The highest BCUT2D eigenvalue weighted by Gasteiger charge is 2.42. The molecule has 2 nitrogen and oxygen atoms in total. The second kappa shape index (κ2) is 3.04. The fourth-order valence-electron chi connectivity index (χ4n) is 1.24. The number of carbonyl (C=O) groups excluding carboxylic acids is 1. The van der Waals surface area contributed by atoms with Crippen LogP contribution < -0.4 is 0 Å². The largest absolute Gasteiger partial charge is 0.466 e. The number of hydrogen-bond acceptors (Lipinski definition) is 2. The molecule has 0 heterocycles. The first-order valence-corrected chi connectivity index (χ1v) is 3.96. The summed E-state index contributed by atoms with van der Waals surface area (Å²) in [6.45, 7) is 4.48. The Hall–Kier alpha value is -0.530. The standard InChI is InChI=1S/C8H14O2/c1-3-6-5-7(6)8(9)10-4-2/h6-7H,3-5H2,1-2H3/t6-,7-/m1/s1. The molecular formula is C8H14O2. The number of rotatable bonds is 3. The number of carbonyl (C=O) groups is 1. The van der Waals surface area contributed by atoms with Crippen LogP contribution in [0.25, 0.3) is 0 Å². The Morgan fingerprint density at radius 3 is 2.70 bits per heavy atom. The van der Waals surface area contributed by atoms with Gasteiger partial charge in [-0.05, 0) is 19.3 Å². The van der Waals surface area contributed by atoms with Gasteiger partial charge in [-0.25, -0.2) is 0 Å². The van der Waals surface area contributed by atoms with Gasteiger partial charge in [-0.2, -0.15) is 0 Å². The molecule has 58 valence electrons. The van der Waals surface area contributed by atoms with Crippen molar-refractivity contribution in [3.05, 3.63) is 0 Å². The average Bonchev–Trinajstić information content (AvgIpc) is 2.66. The summed E-state index contributed by atoms with van der Waals surface area (Å²) in [5.74, 6) is 0.873. The smallest absolute Gasteiger partial charge is 0.309 e. The van der Waals surface area contributed by atoms with E-state index in [2.05, 4.69) is 6.92 Å². The van der Waals surface area contributed by atoms with Crippen LogP contribution in [0.2, 0.25) is 0 Å². The molecule has 1 fully saturated rings. The van der Waals surface area contributed by atoms with Crippen molar-refractivity contribution in [3.63, 3.8) is 0 Å². The Bertz CT molecular complexity index is 131. The molecule has 0 radical (unpaired) electrons. The van der Waals surface area contributed by atoms with Gasteiger partial charge in [0.15, 0.2) is 0 Å². The Morgan fingerprint density at radius 2 is 2.30 bits per heavy atom. The molecule has 1 aliphatic rings. The third-order valence-corrected chi connectivity index (χ3v) is 2.04. The molecule has 0 saturated heterocycles. The minimum absolute atomic E-state index is 0.00866. The molecule has 0 aromatic rings. The van der Waals surface area contributed by atoms with Crippen molar-refractivity contribution >= 4 is 5.97 Å². The van der Waals surface area contributed by atoms with E-state index in [0.717, 1.165) is 12.8 Å². The average molecular weight is 142 g/mol. The lowest BCUT2D eigenvalue weighted by Gasteiger charge is -1.97. The molecule has 2 heteroatoms. The van der Waals surface area contributed by atoms with Crippen LogP contribution in [0.1, 0.15) is 26.7 Å². The molecule has 0 unspecified atom stereocenters. The van der Waals surface area contributed by atoms with Crippen molar-refractivity contribution < 1.29 is 9.53 Å². The number of ether oxygens (including phenoxy) is 1. The monoisotopic (exact) mass is 142 g/mol. The van der Waals surface area contributed by atoms with E-state index in [1.54, 1.807) is 0 Å². The maximum atomic E-state index is 11.0. The number of hydrogen-bond donors (Lipinski definition) is 0. The lowest BCUT2D eigenvalue weighted by atomic mass is 10.2. The van der Waals surface area contributed by atoms with Gasteiger partial charge in [-0.1, -0.05) is 13.3 Å². The van der Waals surface area contributed by atoms with E-state index in [4.69, 9.17) is 4.74 Å². The predicted octanol–water partition coefficient (Wildman–Crippen LogP) is 1.60. The minimum Gasteiger partial charge on any atom is -0.466 e. The molecule has 1 saturated carbocycles. The van der Waals surface area contributed by atoms with E-state index in [1.165, 1.54) is 0 Å². The van der Waals surface area contributed by atoms with Crippen LogP contribution in [-0.2, 0) is 9.53 Å². The van der Waals surface area contributed by atoms with Gasteiger partial charge in [0.25, 0.3) is 0 Å². The summed E-state index contributed by atoms with van der Waals surface area (Å²) in [5.41, 5.74) is 0. The Labute approximate surface area is 61.6 Å². The molecule has 2 atom stereocenters. The summed E-state index contributed by atoms with van der Waals surface area (Å²) < 4.78 is 4.86. The van der Waals surface area contributed by atoms with Crippen molar-refractivity contribution in [2.75, 3.05) is 6.61 Å². The van der Waals surface area contributed by atoms with Gasteiger partial charge in [-0.15, -0.1) is 0 Å². The van der Waals surface area contributed by atoms with E-state index in [1.807, 2.05) is 6.92 Å². The molecule has 0 spiro atoms. The third kappa shape index (κ3) is 1.49. The first-order valence-electron chi connectivity index (χ1n) is 3.96. The molecule has 0 aromatic heterocycles. The summed E-state index contributed by atoms with van der Waals surface area (Å²) in [6, 6.07) is 0. The fourth-order valence-corrected chi connectivity index (χ4v) is 1.24. The maximum absolute atomic E-state index is 11.0. The first-order chi connectivity index (χ1) is 4.79. The molecule has 0 N–H and O–H groups in total. The lowest BCUT2D eigenvalue weighted by molar-refractivity contribution is -0.145. The Balaban J connectivity index is 2.19. The summed E-state index contributed by atoms with van der Waals surface area (Å²) in [5, 5.41) is 0. The molecule has 1 rings (SSSR count). The van der Waals surface area contributed by atoms with Gasteiger partial charge < -0.3 is 4.74 Å². The molecule has 0 aromatic carbocycles. The third-order valence-electron chi connectivity index (χ3n) is 2.04. The molecule has 0 aliphatic heterocycles. The highest BCUT2D eigenvalue weighted by atomic mass is 16.5. The summed E-state index contributed by atoms with van der Waals surface area (Å²) >= 11 is 0. The van der Waals surface area contributed by atoms with Crippen molar-refractivity contribution in [2.45, 2.75) is 26.7 Å². The van der Waals surface area contributed by atoms with Crippen LogP contribution in [-0.4, -0.2) is 12.6 Å². The van der Waals surface area contributed by atoms with Crippen LogP contribution in [0.4, 0.5) is 0 Å². The number of esters is 1. The van der Waals surface area contributed by atoms with Crippen LogP contribution >= 0.6 is 0 Å². The van der Waals surface area contributed by atoms with Gasteiger partial charge in [0.1, 0.15) is 0 Å². The quantitative estimate of drug-likeness (QED) is 0.559. The van der Waals surface area contributed by atoms with Crippen LogP contribution in [0.15, 0.2) is 0 Å². The van der Waals surface area contributed by atoms with E-state index >= 15 is 0 Å². The zero-order valence-electron chi connectivity index (χ0n) is 6.59. The summed E-state index contributed by atoms with van der Waals surface area (Å²) in [4.78, 5) is 11.0. The van der Waals surface area contributed by atoms with E-state index in [-0.39, 0.29) is 11.9 Å². The van der Waals surface area contributed by atoms with E-state index < -0.39 is 0 Å². The SMILES string of the molecule is CCOC(=O)[C@@H]1C[C@H]1CC. The van der Waals surface area contributed by atoms with Crippen LogP contribution in [0, 0.1) is 11.8 Å². The lowest BCUT2D eigenvalue weighted by Crippen LogP contribution is -2.07. The van der Waals surface area contributed by atoms with Gasteiger partial charge in [-0.3, -0.25) is 4.79 Å². The fraction of sp³-hybridized carbons (Fsp3) is 0.875. The van der Waals surface area contributed by atoms with Crippen molar-refractivity contribution in [1.82, 2.24) is 0 Å². The molecule has 0 bridgehead atoms.